The summed E-state index contributed by atoms with van der Waals surface area (Å²) in [6, 6.07) is -0.519. The van der Waals surface area contributed by atoms with Gasteiger partial charge in [0.2, 0.25) is 11.8 Å². The van der Waals surface area contributed by atoms with Crippen molar-refractivity contribution in [2.45, 2.75) is 40.2 Å². The van der Waals surface area contributed by atoms with Crippen LogP contribution in [0.1, 0.15) is 31.5 Å². The van der Waals surface area contributed by atoms with Crippen LogP contribution in [0.25, 0.3) is 0 Å². The molecule has 0 fully saturated rings. The zero-order valence-corrected chi connectivity index (χ0v) is 10.2. The SMILES string of the molecule is CCC(C)C(N)C(=O)Nc1onc(C)c1C. The van der Waals surface area contributed by atoms with Gasteiger partial charge in [0.15, 0.2) is 0 Å². The van der Waals surface area contributed by atoms with Crippen LogP contribution in [-0.4, -0.2) is 17.1 Å². The molecule has 2 unspecified atom stereocenters. The number of anilines is 1. The summed E-state index contributed by atoms with van der Waals surface area (Å²) in [5, 5.41) is 6.42. The first-order chi connectivity index (χ1) is 7.47. The molecular formula is C11H19N3O2. The maximum absolute atomic E-state index is 11.8. The first-order valence-corrected chi connectivity index (χ1v) is 5.46. The fourth-order valence-electron chi connectivity index (χ4n) is 1.24. The first-order valence-electron chi connectivity index (χ1n) is 5.46. The number of aryl methyl sites for hydroxylation is 1. The normalized spacial score (nSPS) is 14.6. The van der Waals surface area contributed by atoms with Crippen molar-refractivity contribution in [1.29, 1.82) is 0 Å². The Hall–Kier alpha value is -1.36. The molecule has 0 aliphatic rings. The van der Waals surface area contributed by atoms with Gasteiger partial charge in [-0.25, -0.2) is 0 Å². The van der Waals surface area contributed by atoms with Crippen molar-refractivity contribution in [3.63, 3.8) is 0 Å². The van der Waals surface area contributed by atoms with Gasteiger partial charge in [-0.1, -0.05) is 25.4 Å². The highest BCUT2D eigenvalue weighted by atomic mass is 16.5. The Bertz CT molecular complexity index is 373. The molecule has 5 nitrogen and oxygen atoms in total. The number of carbonyl (C=O) groups is 1. The van der Waals surface area contributed by atoms with Crippen molar-refractivity contribution in [2.75, 3.05) is 5.32 Å². The molecule has 3 N–H and O–H groups in total. The fourth-order valence-corrected chi connectivity index (χ4v) is 1.24. The molecule has 2 atom stereocenters. The van der Waals surface area contributed by atoms with Crippen LogP contribution in [0.4, 0.5) is 5.88 Å². The number of nitrogens with one attached hydrogen (secondary N) is 1. The maximum Gasteiger partial charge on any atom is 0.243 e. The highest BCUT2D eigenvalue weighted by molar-refractivity contribution is 5.94. The number of nitrogens with two attached hydrogens (primary N) is 1. The lowest BCUT2D eigenvalue weighted by Gasteiger charge is -2.16. The third kappa shape index (κ3) is 2.61. The number of amides is 1. The summed E-state index contributed by atoms with van der Waals surface area (Å²) in [7, 11) is 0. The Morgan fingerprint density at radius 1 is 1.56 bits per heavy atom. The van der Waals surface area contributed by atoms with E-state index >= 15 is 0 Å². The second kappa shape index (κ2) is 5.12. The third-order valence-corrected chi connectivity index (χ3v) is 2.95. The molecule has 0 saturated carbocycles. The highest BCUT2D eigenvalue weighted by Gasteiger charge is 2.21. The van der Waals surface area contributed by atoms with Gasteiger partial charge in [-0.2, -0.15) is 0 Å². The Kier molecular flexibility index (Phi) is 4.06. The van der Waals surface area contributed by atoms with Crippen LogP contribution in [0.5, 0.6) is 0 Å². The van der Waals surface area contributed by atoms with Crippen LogP contribution in [0.2, 0.25) is 0 Å². The van der Waals surface area contributed by atoms with Crippen LogP contribution in [0.3, 0.4) is 0 Å². The van der Waals surface area contributed by atoms with Crippen molar-refractivity contribution >= 4 is 11.8 Å². The van der Waals surface area contributed by atoms with E-state index in [9.17, 15) is 4.79 Å². The van der Waals surface area contributed by atoms with E-state index in [2.05, 4.69) is 10.5 Å². The van der Waals surface area contributed by atoms with E-state index in [-0.39, 0.29) is 11.8 Å². The minimum Gasteiger partial charge on any atom is -0.338 e. The maximum atomic E-state index is 11.8. The van der Waals surface area contributed by atoms with Gasteiger partial charge in [-0.05, 0) is 19.8 Å². The summed E-state index contributed by atoms with van der Waals surface area (Å²) in [6.45, 7) is 7.61. The van der Waals surface area contributed by atoms with Crippen LogP contribution >= 0.6 is 0 Å². The molecule has 1 aromatic rings. The van der Waals surface area contributed by atoms with Gasteiger partial charge < -0.3 is 10.3 Å². The monoisotopic (exact) mass is 225 g/mol. The van der Waals surface area contributed by atoms with E-state index in [0.29, 0.717) is 5.88 Å². The molecule has 90 valence electrons. The minimum absolute atomic E-state index is 0.143. The molecule has 0 spiro atoms. The Labute approximate surface area is 95.4 Å². The minimum atomic E-state index is -0.519. The van der Waals surface area contributed by atoms with Crippen LogP contribution in [0.15, 0.2) is 4.52 Å². The molecule has 1 rings (SSSR count). The molecule has 0 bridgehead atoms. The molecule has 16 heavy (non-hydrogen) atoms. The van der Waals surface area contributed by atoms with E-state index in [1.54, 1.807) is 0 Å². The smallest absolute Gasteiger partial charge is 0.243 e. The topological polar surface area (TPSA) is 81.2 Å². The van der Waals surface area contributed by atoms with E-state index in [0.717, 1.165) is 17.7 Å². The van der Waals surface area contributed by atoms with Crippen molar-refractivity contribution in [3.05, 3.63) is 11.3 Å². The Balaban J connectivity index is 2.68. The fraction of sp³-hybridized carbons (Fsp3) is 0.636. The number of nitrogens with zero attached hydrogens (tertiary/aromatic N) is 1. The van der Waals surface area contributed by atoms with Crippen molar-refractivity contribution in [3.8, 4) is 0 Å². The Morgan fingerprint density at radius 3 is 2.62 bits per heavy atom. The van der Waals surface area contributed by atoms with Gasteiger partial charge in [0, 0.05) is 5.56 Å². The molecule has 0 radical (unpaired) electrons. The summed E-state index contributed by atoms with van der Waals surface area (Å²) >= 11 is 0. The number of aromatic nitrogens is 1. The molecule has 5 heteroatoms. The van der Waals surface area contributed by atoms with Crippen molar-refractivity contribution in [1.82, 2.24) is 5.16 Å². The van der Waals surface area contributed by atoms with E-state index < -0.39 is 6.04 Å². The van der Waals surface area contributed by atoms with Gasteiger partial charge >= 0.3 is 0 Å². The third-order valence-electron chi connectivity index (χ3n) is 2.95. The van der Waals surface area contributed by atoms with Gasteiger partial charge in [-0.15, -0.1) is 0 Å². The van der Waals surface area contributed by atoms with Crippen molar-refractivity contribution < 1.29 is 9.32 Å². The molecular weight excluding hydrogens is 206 g/mol. The number of rotatable bonds is 4. The summed E-state index contributed by atoms with van der Waals surface area (Å²) in [4.78, 5) is 11.8. The summed E-state index contributed by atoms with van der Waals surface area (Å²) in [5.41, 5.74) is 7.41. The summed E-state index contributed by atoms with van der Waals surface area (Å²) < 4.78 is 4.99. The number of carbonyl (C=O) groups excluding carboxylic acids is 1. The highest BCUT2D eigenvalue weighted by Crippen LogP contribution is 2.18. The molecule has 0 saturated heterocycles. The average molecular weight is 225 g/mol. The lowest BCUT2D eigenvalue weighted by atomic mass is 9.99. The molecule has 0 aliphatic heterocycles. The lowest BCUT2D eigenvalue weighted by Crippen LogP contribution is -2.40. The van der Waals surface area contributed by atoms with Gasteiger partial charge in [0.1, 0.15) is 0 Å². The zero-order chi connectivity index (χ0) is 12.3. The molecule has 1 heterocycles. The first kappa shape index (κ1) is 12.7. The average Bonchev–Trinajstić information content (AvgIpc) is 2.58. The molecule has 0 aliphatic carbocycles. The standard InChI is InChI=1S/C11H19N3O2/c1-5-6(2)9(12)10(15)13-11-7(3)8(4)14-16-11/h6,9H,5,12H2,1-4H3,(H,13,15). The number of hydrogen-bond donors (Lipinski definition) is 2. The van der Waals surface area contributed by atoms with Gasteiger partial charge in [0.25, 0.3) is 0 Å². The van der Waals surface area contributed by atoms with Gasteiger partial charge in [-0.3, -0.25) is 10.1 Å². The van der Waals surface area contributed by atoms with Crippen LogP contribution in [0, 0.1) is 19.8 Å². The number of hydrogen-bond acceptors (Lipinski definition) is 4. The predicted molar refractivity (Wildman–Crippen MR) is 62.0 cm³/mol. The second-order valence-electron chi connectivity index (χ2n) is 4.12. The summed E-state index contributed by atoms with van der Waals surface area (Å²) in [5.74, 6) is 0.305. The molecule has 0 aromatic carbocycles. The largest absolute Gasteiger partial charge is 0.338 e. The molecule has 1 amide bonds. The van der Waals surface area contributed by atoms with E-state index in [4.69, 9.17) is 10.3 Å². The lowest BCUT2D eigenvalue weighted by molar-refractivity contribution is -0.118. The summed E-state index contributed by atoms with van der Waals surface area (Å²) in [6.07, 6.45) is 0.864. The quantitative estimate of drug-likeness (QED) is 0.815. The zero-order valence-electron chi connectivity index (χ0n) is 10.2. The Morgan fingerprint density at radius 2 is 2.19 bits per heavy atom. The van der Waals surface area contributed by atoms with Crippen LogP contribution < -0.4 is 11.1 Å². The van der Waals surface area contributed by atoms with Gasteiger partial charge in [0.05, 0.1) is 11.7 Å². The second-order valence-corrected chi connectivity index (χ2v) is 4.12. The molecule has 1 aromatic heterocycles. The van der Waals surface area contributed by atoms with Crippen LogP contribution in [-0.2, 0) is 4.79 Å². The van der Waals surface area contributed by atoms with E-state index in [1.807, 2.05) is 27.7 Å². The van der Waals surface area contributed by atoms with E-state index in [1.165, 1.54) is 0 Å². The van der Waals surface area contributed by atoms with Crippen molar-refractivity contribution in [2.24, 2.45) is 11.7 Å². The predicted octanol–water partition coefficient (Wildman–Crippen LogP) is 1.60.